The molecule has 0 N–H and O–H groups in total. The molecule has 0 radical (unpaired) electrons. The monoisotopic (exact) mass is 509 g/mol. The van der Waals surface area contributed by atoms with Crippen molar-refractivity contribution in [1.82, 2.24) is 4.31 Å². The van der Waals surface area contributed by atoms with Crippen LogP contribution in [0.15, 0.2) is 87.7 Å². The number of ether oxygens (including phenoxy) is 1. The van der Waals surface area contributed by atoms with E-state index in [1.165, 1.54) is 4.31 Å². The van der Waals surface area contributed by atoms with E-state index in [9.17, 15) is 13.2 Å². The van der Waals surface area contributed by atoms with Crippen LogP contribution in [-0.2, 0) is 14.8 Å². The summed E-state index contributed by atoms with van der Waals surface area (Å²) in [6.07, 6.45) is 0.490. The standard InChI is InChI=1S/C25H20BrNO4S/c1-16-9-11-19(12-10-16)32(29,30)27-14-13-21-20-7-2-3-8-22(20)31-25(28)23(21)24(27)17-5-4-6-18(26)15-17/h2-12,15,21H,13-14H2,1H3/t21-/m0/s1. The van der Waals surface area contributed by atoms with E-state index >= 15 is 0 Å². The highest BCUT2D eigenvalue weighted by molar-refractivity contribution is 9.10. The second-order valence-corrected chi connectivity index (χ2v) is 10.7. The van der Waals surface area contributed by atoms with Crippen LogP contribution in [0.2, 0.25) is 0 Å². The Balaban J connectivity index is 1.75. The molecule has 0 spiro atoms. The van der Waals surface area contributed by atoms with Crippen LogP contribution >= 0.6 is 15.9 Å². The molecule has 0 aromatic heterocycles. The maximum atomic E-state index is 13.7. The normalized spacial score (nSPS) is 18.1. The summed E-state index contributed by atoms with van der Waals surface area (Å²) in [5, 5.41) is 0. The smallest absolute Gasteiger partial charge is 0.342 e. The van der Waals surface area contributed by atoms with E-state index < -0.39 is 16.0 Å². The lowest BCUT2D eigenvalue weighted by Gasteiger charge is -2.39. The van der Waals surface area contributed by atoms with Crippen molar-refractivity contribution in [2.75, 3.05) is 6.54 Å². The Bertz CT molecular complexity index is 1360. The lowest BCUT2D eigenvalue weighted by molar-refractivity contribution is -0.131. The average molecular weight is 510 g/mol. The predicted molar refractivity (Wildman–Crippen MR) is 126 cm³/mol. The number of rotatable bonds is 3. The molecule has 3 aromatic rings. The molecular weight excluding hydrogens is 490 g/mol. The van der Waals surface area contributed by atoms with Crippen LogP contribution in [0.4, 0.5) is 0 Å². The maximum absolute atomic E-state index is 13.7. The zero-order valence-electron chi connectivity index (χ0n) is 17.3. The first-order chi connectivity index (χ1) is 15.4. The van der Waals surface area contributed by atoms with E-state index in [1.807, 2.05) is 49.4 Å². The van der Waals surface area contributed by atoms with Gasteiger partial charge in [0.1, 0.15) is 5.75 Å². The zero-order chi connectivity index (χ0) is 22.5. The molecule has 0 amide bonds. The number of halogens is 1. The van der Waals surface area contributed by atoms with Gasteiger partial charge >= 0.3 is 5.97 Å². The van der Waals surface area contributed by atoms with E-state index in [2.05, 4.69) is 15.9 Å². The minimum atomic E-state index is -3.89. The Morgan fingerprint density at radius 2 is 1.75 bits per heavy atom. The number of fused-ring (bicyclic) bond motifs is 3. The van der Waals surface area contributed by atoms with Crippen molar-refractivity contribution in [3.05, 3.63) is 99.5 Å². The van der Waals surface area contributed by atoms with Crippen molar-refractivity contribution in [3.63, 3.8) is 0 Å². The van der Waals surface area contributed by atoms with Gasteiger partial charge in [-0.2, -0.15) is 0 Å². The summed E-state index contributed by atoms with van der Waals surface area (Å²) >= 11 is 3.47. The molecule has 0 fully saturated rings. The van der Waals surface area contributed by atoms with E-state index in [1.54, 1.807) is 30.3 Å². The highest BCUT2D eigenvalue weighted by atomic mass is 79.9. The summed E-state index contributed by atoms with van der Waals surface area (Å²) in [5.74, 6) is -0.201. The number of hydrogen-bond donors (Lipinski definition) is 0. The maximum Gasteiger partial charge on any atom is 0.342 e. The van der Waals surface area contributed by atoms with E-state index in [4.69, 9.17) is 4.74 Å². The number of carbonyl (C=O) groups excluding carboxylic acids is 1. The highest BCUT2D eigenvalue weighted by Gasteiger charge is 2.43. The number of nitrogens with zero attached hydrogens (tertiary/aromatic N) is 1. The van der Waals surface area contributed by atoms with Crippen molar-refractivity contribution < 1.29 is 17.9 Å². The second-order valence-electron chi connectivity index (χ2n) is 7.93. The molecule has 2 heterocycles. The summed E-state index contributed by atoms with van der Waals surface area (Å²) < 4.78 is 35.2. The molecule has 162 valence electrons. The highest BCUT2D eigenvalue weighted by Crippen LogP contribution is 2.47. The van der Waals surface area contributed by atoms with Gasteiger partial charge < -0.3 is 4.74 Å². The van der Waals surface area contributed by atoms with E-state index in [0.717, 1.165) is 15.6 Å². The van der Waals surface area contributed by atoms with Gasteiger partial charge in [-0.15, -0.1) is 0 Å². The summed E-state index contributed by atoms with van der Waals surface area (Å²) in [6.45, 7) is 2.17. The third kappa shape index (κ3) is 3.45. The molecule has 5 rings (SSSR count). The van der Waals surface area contributed by atoms with Gasteiger partial charge in [-0.25, -0.2) is 13.2 Å². The van der Waals surface area contributed by atoms with Crippen LogP contribution in [0, 0.1) is 6.92 Å². The van der Waals surface area contributed by atoms with Gasteiger partial charge in [-0.1, -0.05) is 64.0 Å². The number of aryl methyl sites for hydroxylation is 1. The Labute approximate surface area is 195 Å². The number of para-hydroxylation sites is 1. The van der Waals surface area contributed by atoms with Crippen LogP contribution < -0.4 is 4.74 Å². The quantitative estimate of drug-likeness (QED) is 0.356. The van der Waals surface area contributed by atoms with Crippen molar-refractivity contribution in [2.45, 2.75) is 24.2 Å². The molecule has 2 aliphatic heterocycles. The molecule has 2 aliphatic rings. The van der Waals surface area contributed by atoms with Crippen LogP contribution in [0.3, 0.4) is 0 Å². The molecule has 3 aromatic carbocycles. The Morgan fingerprint density at radius 1 is 1.00 bits per heavy atom. The van der Waals surface area contributed by atoms with Crippen LogP contribution in [0.5, 0.6) is 5.75 Å². The van der Waals surface area contributed by atoms with Gasteiger partial charge in [0.05, 0.1) is 16.2 Å². The van der Waals surface area contributed by atoms with Crippen molar-refractivity contribution in [2.24, 2.45) is 0 Å². The molecule has 0 bridgehead atoms. The second kappa shape index (κ2) is 7.90. The van der Waals surface area contributed by atoms with Gasteiger partial charge in [-0.3, -0.25) is 4.31 Å². The third-order valence-corrected chi connectivity index (χ3v) is 8.20. The molecule has 0 saturated heterocycles. The predicted octanol–water partition coefficient (Wildman–Crippen LogP) is 5.27. The zero-order valence-corrected chi connectivity index (χ0v) is 19.7. The first-order valence-corrected chi connectivity index (χ1v) is 12.5. The summed E-state index contributed by atoms with van der Waals surface area (Å²) in [7, 11) is -3.89. The van der Waals surface area contributed by atoms with Gasteiger partial charge in [-0.05, 0) is 43.7 Å². The lowest BCUT2D eigenvalue weighted by atomic mass is 9.81. The van der Waals surface area contributed by atoms with Crippen LogP contribution in [0.1, 0.15) is 29.0 Å². The minimum absolute atomic E-state index is 0.194. The van der Waals surface area contributed by atoms with Crippen molar-refractivity contribution >= 4 is 37.6 Å². The molecule has 0 saturated carbocycles. The Morgan fingerprint density at radius 3 is 2.50 bits per heavy atom. The Kier molecular flexibility index (Phi) is 5.18. The van der Waals surface area contributed by atoms with Crippen molar-refractivity contribution in [1.29, 1.82) is 0 Å². The molecule has 1 atom stereocenters. The minimum Gasteiger partial charge on any atom is -0.423 e. The molecule has 32 heavy (non-hydrogen) atoms. The van der Waals surface area contributed by atoms with E-state index in [0.29, 0.717) is 29.0 Å². The summed E-state index contributed by atoms with van der Waals surface area (Å²) in [4.78, 5) is 13.4. The van der Waals surface area contributed by atoms with Crippen LogP contribution in [-0.4, -0.2) is 25.2 Å². The third-order valence-electron chi connectivity index (χ3n) is 5.90. The van der Waals surface area contributed by atoms with Gasteiger partial charge in [0.25, 0.3) is 10.0 Å². The fourth-order valence-corrected chi connectivity index (χ4v) is 6.30. The summed E-state index contributed by atoms with van der Waals surface area (Å²) in [6, 6.07) is 21.6. The number of hydrogen-bond acceptors (Lipinski definition) is 4. The van der Waals surface area contributed by atoms with Gasteiger partial charge in [0.15, 0.2) is 0 Å². The molecule has 0 unspecified atom stereocenters. The Hall–Kier alpha value is -2.90. The first-order valence-electron chi connectivity index (χ1n) is 10.3. The SMILES string of the molecule is Cc1ccc(S(=O)(=O)N2CC[C@@H]3C(=C2c2cccc(Br)c2)C(=O)Oc2ccccc23)cc1. The summed E-state index contributed by atoms with van der Waals surface area (Å²) in [5.41, 5.74) is 3.28. The number of carbonyl (C=O) groups is 1. The number of sulfonamides is 1. The van der Waals surface area contributed by atoms with Gasteiger partial charge in [0.2, 0.25) is 0 Å². The molecular formula is C25H20BrNO4S. The van der Waals surface area contributed by atoms with Crippen molar-refractivity contribution in [3.8, 4) is 5.75 Å². The number of benzene rings is 3. The van der Waals surface area contributed by atoms with Gasteiger partial charge in [0, 0.05) is 28.1 Å². The van der Waals surface area contributed by atoms with Crippen LogP contribution in [0.25, 0.3) is 5.70 Å². The first kappa shape index (κ1) is 21.0. The fraction of sp³-hybridized carbons (Fsp3) is 0.160. The topological polar surface area (TPSA) is 63.7 Å². The molecule has 7 heteroatoms. The molecule has 5 nitrogen and oxygen atoms in total. The lowest BCUT2D eigenvalue weighted by Crippen LogP contribution is -2.40. The average Bonchev–Trinajstić information content (AvgIpc) is 2.78. The fourth-order valence-electron chi connectivity index (χ4n) is 4.38. The van der Waals surface area contributed by atoms with E-state index in [-0.39, 0.29) is 17.4 Å². The molecule has 0 aliphatic carbocycles. The number of esters is 1. The largest absolute Gasteiger partial charge is 0.423 e.